The number of rotatable bonds is 4. The highest BCUT2D eigenvalue weighted by Crippen LogP contribution is 2.30. The Morgan fingerprint density at radius 2 is 1.88 bits per heavy atom. The van der Waals surface area contributed by atoms with Crippen molar-refractivity contribution in [1.82, 2.24) is 0 Å². The van der Waals surface area contributed by atoms with Crippen molar-refractivity contribution in [3.63, 3.8) is 0 Å². The predicted octanol–water partition coefficient (Wildman–Crippen LogP) is 5.68. The van der Waals surface area contributed by atoms with Crippen LogP contribution in [-0.2, 0) is 0 Å². The van der Waals surface area contributed by atoms with E-state index in [4.69, 9.17) is 4.42 Å². The summed E-state index contributed by atoms with van der Waals surface area (Å²) in [5.74, 6) is -0.372. The Hall–Kier alpha value is -1.90. The topological polar surface area (TPSA) is 71.3 Å². The van der Waals surface area contributed by atoms with Crippen molar-refractivity contribution in [2.75, 3.05) is 10.6 Å². The molecular weight excluding hydrogens is 472 g/mol. The zero-order valence-corrected chi connectivity index (χ0v) is 16.9. The summed E-state index contributed by atoms with van der Waals surface area (Å²) in [6, 6.07) is 10.5. The van der Waals surface area contributed by atoms with E-state index in [2.05, 4.69) is 42.5 Å². The minimum atomic E-state index is -0.354. The molecule has 0 aliphatic carbocycles. The fourth-order valence-electron chi connectivity index (χ4n) is 2.12. The first kappa shape index (κ1) is 17.9. The number of anilines is 2. The number of hydrogen-bond acceptors (Lipinski definition) is 4. The van der Waals surface area contributed by atoms with E-state index in [9.17, 15) is 9.59 Å². The average molecular weight is 484 g/mol. The first-order valence-electron chi connectivity index (χ1n) is 7.16. The van der Waals surface area contributed by atoms with Crippen LogP contribution < -0.4 is 10.6 Å². The number of thiophene rings is 1. The van der Waals surface area contributed by atoms with Crippen LogP contribution in [0.3, 0.4) is 0 Å². The number of amides is 2. The van der Waals surface area contributed by atoms with E-state index >= 15 is 0 Å². The molecule has 3 rings (SSSR count). The van der Waals surface area contributed by atoms with Gasteiger partial charge in [-0.05, 0) is 64.8 Å². The minimum absolute atomic E-state index is 0.218. The van der Waals surface area contributed by atoms with Gasteiger partial charge in [0.05, 0.1) is 21.8 Å². The third-order valence-electron chi connectivity index (χ3n) is 3.28. The monoisotopic (exact) mass is 482 g/mol. The second-order valence-corrected chi connectivity index (χ2v) is 7.95. The number of nitrogens with one attached hydrogen (secondary N) is 2. The van der Waals surface area contributed by atoms with Crippen LogP contribution in [0.15, 0.2) is 56.0 Å². The Kier molecular flexibility index (Phi) is 5.41. The van der Waals surface area contributed by atoms with E-state index in [1.807, 2.05) is 25.1 Å². The summed E-state index contributed by atoms with van der Waals surface area (Å²) in [6.45, 7) is 1.82. The molecule has 8 heteroatoms. The van der Waals surface area contributed by atoms with Gasteiger partial charge in [-0.3, -0.25) is 9.59 Å². The second kappa shape index (κ2) is 7.55. The van der Waals surface area contributed by atoms with Gasteiger partial charge >= 0.3 is 0 Å². The standard InChI is InChI=1S/C17H12Br2N2O3S/c1-9-7-14(21-16(22)13-3-2-6-24-13)25-15(9)17(23)20-12-8-10(18)4-5-11(12)19/h2-8H,1H3,(H,20,23)(H,21,22). The lowest BCUT2D eigenvalue weighted by Gasteiger charge is -2.07. The maximum atomic E-state index is 12.6. The molecule has 0 fully saturated rings. The Bertz CT molecular complexity index is 936. The lowest BCUT2D eigenvalue weighted by molar-refractivity contribution is 0.0995. The maximum absolute atomic E-state index is 12.6. The van der Waals surface area contributed by atoms with Crippen molar-refractivity contribution in [3.05, 3.63) is 67.8 Å². The van der Waals surface area contributed by atoms with E-state index in [-0.39, 0.29) is 17.6 Å². The van der Waals surface area contributed by atoms with Crippen molar-refractivity contribution >= 4 is 65.7 Å². The zero-order chi connectivity index (χ0) is 18.0. The van der Waals surface area contributed by atoms with Crippen molar-refractivity contribution in [3.8, 4) is 0 Å². The van der Waals surface area contributed by atoms with Crippen LogP contribution in [0, 0.1) is 6.92 Å². The third kappa shape index (κ3) is 4.20. The van der Waals surface area contributed by atoms with Crippen molar-refractivity contribution in [2.24, 2.45) is 0 Å². The molecule has 0 atom stereocenters. The largest absolute Gasteiger partial charge is 0.459 e. The third-order valence-corrected chi connectivity index (χ3v) is 5.62. The molecule has 2 heterocycles. The lowest BCUT2D eigenvalue weighted by atomic mass is 10.2. The van der Waals surface area contributed by atoms with Crippen LogP contribution in [0.2, 0.25) is 0 Å². The average Bonchev–Trinajstić information content (AvgIpc) is 3.20. The molecule has 0 spiro atoms. The van der Waals surface area contributed by atoms with Gasteiger partial charge in [0.1, 0.15) is 0 Å². The van der Waals surface area contributed by atoms with Crippen molar-refractivity contribution < 1.29 is 14.0 Å². The van der Waals surface area contributed by atoms with Crippen LogP contribution in [0.1, 0.15) is 25.8 Å². The summed E-state index contributed by atoms with van der Waals surface area (Å²) in [7, 11) is 0. The normalized spacial score (nSPS) is 10.5. The van der Waals surface area contributed by atoms with Crippen LogP contribution >= 0.6 is 43.2 Å². The molecule has 0 aliphatic heterocycles. The molecule has 2 amide bonds. The highest BCUT2D eigenvalue weighted by Gasteiger charge is 2.17. The molecule has 1 aromatic carbocycles. The number of hydrogen-bond donors (Lipinski definition) is 2. The van der Waals surface area contributed by atoms with E-state index in [0.29, 0.717) is 15.6 Å². The number of halogens is 2. The Labute approximate surface area is 164 Å². The second-order valence-electron chi connectivity index (χ2n) is 5.13. The quantitative estimate of drug-likeness (QED) is 0.501. The van der Waals surface area contributed by atoms with Crippen molar-refractivity contribution in [2.45, 2.75) is 6.92 Å². The molecule has 0 saturated heterocycles. The first-order chi connectivity index (χ1) is 11.9. The van der Waals surface area contributed by atoms with E-state index in [0.717, 1.165) is 14.5 Å². The van der Waals surface area contributed by atoms with Gasteiger partial charge in [0.15, 0.2) is 5.76 Å². The summed E-state index contributed by atoms with van der Waals surface area (Å²) >= 11 is 8.00. The molecule has 25 heavy (non-hydrogen) atoms. The Morgan fingerprint density at radius 1 is 1.08 bits per heavy atom. The Morgan fingerprint density at radius 3 is 2.60 bits per heavy atom. The molecule has 128 valence electrons. The zero-order valence-electron chi connectivity index (χ0n) is 12.9. The fraction of sp³-hybridized carbons (Fsp3) is 0.0588. The summed E-state index contributed by atoms with van der Waals surface area (Å²) in [6.07, 6.45) is 1.43. The molecular formula is C17H12Br2N2O3S. The highest BCUT2D eigenvalue weighted by molar-refractivity contribution is 9.11. The summed E-state index contributed by atoms with van der Waals surface area (Å²) in [5.41, 5.74) is 1.44. The molecule has 0 aliphatic rings. The van der Waals surface area contributed by atoms with Crippen LogP contribution in [0.5, 0.6) is 0 Å². The summed E-state index contributed by atoms with van der Waals surface area (Å²) < 4.78 is 6.70. The summed E-state index contributed by atoms with van der Waals surface area (Å²) in [5, 5.41) is 6.18. The van der Waals surface area contributed by atoms with Crippen LogP contribution in [-0.4, -0.2) is 11.8 Å². The molecule has 0 saturated carbocycles. The summed E-state index contributed by atoms with van der Waals surface area (Å²) in [4.78, 5) is 25.1. The van der Waals surface area contributed by atoms with Gasteiger partial charge < -0.3 is 15.1 Å². The van der Waals surface area contributed by atoms with Gasteiger partial charge in [-0.15, -0.1) is 11.3 Å². The van der Waals surface area contributed by atoms with E-state index in [1.54, 1.807) is 18.2 Å². The number of aryl methyl sites for hydroxylation is 1. The van der Waals surface area contributed by atoms with E-state index < -0.39 is 0 Å². The number of carbonyl (C=O) groups excluding carboxylic acids is 2. The van der Waals surface area contributed by atoms with Gasteiger partial charge in [0, 0.05) is 8.95 Å². The first-order valence-corrected chi connectivity index (χ1v) is 9.56. The van der Waals surface area contributed by atoms with Gasteiger partial charge in [-0.2, -0.15) is 0 Å². The van der Waals surface area contributed by atoms with Gasteiger partial charge in [-0.1, -0.05) is 15.9 Å². The lowest BCUT2D eigenvalue weighted by Crippen LogP contribution is -2.11. The minimum Gasteiger partial charge on any atom is -0.459 e. The van der Waals surface area contributed by atoms with Crippen LogP contribution in [0.4, 0.5) is 10.7 Å². The fourth-order valence-corrected chi connectivity index (χ4v) is 3.79. The maximum Gasteiger partial charge on any atom is 0.291 e. The highest BCUT2D eigenvalue weighted by atomic mass is 79.9. The predicted molar refractivity (Wildman–Crippen MR) is 106 cm³/mol. The molecule has 0 unspecified atom stereocenters. The van der Waals surface area contributed by atoms with Crippen molar-refractivity contribution in [1.29, 1.82) is 0 Å². The van der Waals surface area contributed by atoms with Crippen LogP contribution in [0.25, 0.3) is 0 Å². The molecule has 5 nitrogen and oxygen atoms in total. The smallest absolute Gasteiger partial charge is 0.291 e. The number of furan rings is 1. The number of carbonyl (C=O) groups is 2. The molecule has 2 N–H and O–H groups in total. The number of benzene rings is 1. The molecule has 0 bridgehead atoms. The van der Waals surface area contributed by atoms with Gasteiger partial charge in [-0.25, -0.2) is 0 Å². The Balaban J connectivity index is 1.76. The molecule has 0 radical (unpaired) electrons. The van der Waals surface area contributed by atoms with E-state index in [1.165, 1.54) is 17.6 Å². The SMILES string of the molecule is Cc1cc(NC(=O)c2ccco2)sc1C(=O)Nc1cc(Br)ccc1Br. The molecule has 3 aromatic rings. The van der Waals surface area contributed by atoms with Gasteiger partial charge in [0.2, 0.25) is 0 Å². The molecule has 2 aromatic heterocycles. The van der Waals surface area contributed by atoms with Gasteiger partial charge in [0.25, 0.3) is 11.8 Å².